The lowest BCUT2D eigenvalue weighted by atomic mass is 9.85. The minimum atomic E-state index is -0.0121. The standard InChI is InChI=1S/C13H28N2/c1-12(2)6-5-9-15(10-7-12)11-8-13(3,4)14/h5-11,14H2,1-4H3. The molecule has 2 nitrogen and oxygen atoms in total. The van der Waals surface area contributed by atoms with Crippen LogP contribution in [0.15, 0.2) is 0 Å². The minimum Gasteiger partial charge on any atom is -0.326 e. The zero-order valence-electron chi connectivity index (χ0n) is 11.0. The predicted molar refractivity (Wildman–Crippen MR) is 67.0 cm³/mol. The molecule has 0 saturated carbocycles. The first kappa shape index (κ1) is 13.0. The molecular weight excluding hydrogens is 184 g/mol. The summed E-state index contributed by atoms with van der Waals surface area (Å²) in [6.07, 6.45) is 5.15. The molecule has 0 aromatic carbocycles. The van der Waals surface area contributed by atoms with Crippen molar-refractivity contribution < 1.29 is 0 Å². The zero-order chi connectivity index (χ0) is 11.5. The number of likely N-dealkylation sites (tertiary alicyclic amines) is 1. The topological polar surface area (TPSA) is 29.3 Å². The van der Waals surface area contributed by atoms with E-state index in [-0.39, 0.29) is 5.54 Å². The lowest BCUT2D eigenvalue weighted by Crippen LogP contribution is -2.37. The summed E-state index contributed by atoms with van der Waals surface area (Å²) in [5.74, 6) is 0. The van der Waals surface area contributed by atoms with Crippen LogP contribution in [-0.2, 0) is 0 Å². The maximum absolute atomic E-state index is 6.02. The molecule has 1 rings (SSSR count). The number of rotatable bonds is 3. The summed E-state index contributed by atoms with van der Waals surface area (Å²) in [5.41, 5.74) is 6.55. The van der Waals surface area contributed by atoms with Crippen molar-refractivity contribution in [2.24, 2.45) is 11.1 Å². The Kier molecular flexibility index (Phi) is 4.19. The zero-order valence-corrected chi connectivity index (χ0v) is 11.0. The predicted octanol–water partition coefficient (Wildman–Crippen LogP) is 2.63. The van der Waals surface area contributed by atoms with Crippen LogP contribution in [0.3, 0.4) is 0 Å². The molecule has 0 aromatic rings. The molecule has 0 amide bonds. The highest BCUT2D eigenvalue weighted by Gasteiger charge is 2.23. The Morgan fingerprint density at radius 2 is 1.87 bits per heavy atom. The number of nitrogens with two attached hydrogens (primary N) is 1. The van der Waals surface area contributed by atoms with Crippen LogP contribution >= 0.6 is 0 Å². The summed E-state index contributed by atoms with van der Waals surface area (Å²) in [6.45, 7) is 12.7. The highest BCUT2D eigenvalue weighted by atomic mass is 15.1. The van der Waals surface area contributed by atoms with Gasteiger partial charge in [-0.05, 0) is 64.6 Å². The Balaban J connectivity index is 2.32. The van der Waals surface area contributed by atoms with Crippen molar-refractivity contribution in [3.05, 3.63) is 0 Å². The fourth-order valence-corrected chi connectivity index (χ4v) is 2.15. The quantitative estimate of drug-likeness (QED) is 0.779. The number of hydrogen-bond donors (Lipinski definition) is 1. The van der Waals surface area contributed by atoms with Gasteiger partial charge in [-0.3, -0.25) is 0 Å². The van der Waals surface area contributed by atoms with Gasteiger partial charge in [0, 0.05) is 5.54 Å². The molecule has 0 radical (unpaired) electrons. The van der Waals surface area contributed by atoms with E-state index in [2.05, 4.69) is 32.6 Å². The van der Waals surface area contributed by atoms with Crippen LogP contribution < -0.4 is 5.73 Å². The average Bonchev–Trinajstić information content (AvgIpc) is 2.22. The van der Waals surface area contributed by atoms with Gasteiger partial charge in [0.05, 0.1) is 0 Å². The van der Waals surface area contributed by atoms with Crippen LogP contribution in [0.1, 0.15) is 53.4 Å². The van der Waals surface area contributed by atoms with E-state index in [9.17, 15) is 0 Å². The second-order valence-corrected chi connectivity index (χ2v) is 6.60. The van der Waals surface area contributed by atoms with Crippen molar-refractivity contribution >= 4 is 0 Å². The van der Waals surface area contributed by atoms with Crippen LogP contribution in [0.2, 0.25) is 0 Å². The Labute approximate surface area is 95.2 Å². The molecule has 15 heavy (non-hydrogen) atoms. The van der Waals surface area contributed by atoms with E-state index in [1.165, 1.54) is 38.9 Å². The van der Waals surface area contributed by atoms with Crippen molar-refractivity contribution in [1.82, 2.24) is 4.90 Å². The smallest absolute Gasteiger partial charge is 0.0109 e. The Morgan fingerprint density at radius 1 is 1.20 bits per heavy atom. The second kappa shape index (κ2) is 4.84. The lowest BCUT2D eigenvalue weighted by molar-refractivity contribution is 0.243. The summed E-state index contributed by atoms with van der Waals surface area (Å²) in [6, 6.07) is 0. The van der Waals surface area contributed by atoms with Crippen LogP contribution in [0.4, 0.5) is 0 Å². The Bertz CT molecular complexity index is 191. The fraction of sp³-hybridized carbons (Fsp3) is 1.00. The van der Waals surface area contributed by atoms with Crippen LogP contribution in [0.5, 0.6) is 0 Å². The molecule has 2 N–H and O–H groups in total. The van der Waals surface area contributed by atoms with Crippen molar-refractivity contribution in [2.75, 3.05) is 19.6 Å². The van der Waals surface area contributed by atoms with E-state index in [1.807, 2.05) is 0 Å². The fourth-order valence-electron chi connectivity index (χ4n) is 2.15. The molecule has 90 valence electrons. The van der Waals surface area contributed by atoms with Gasteiger partial charge in [-0.15, -0.1) is 0 Å². The molecule has 0 spiro atoms. The number of nitrogens with zero attached hydrogens (tertiary/aromatic N) is 1. The first-order chi connectivity index (χ1) is 6.79. The molecule has 1 aliphatic rings. The molecule has 0 aromatic heterocycles. The maximum atomic E-state index is 6.02. The Hall–Kier alpha value is -0.0800. The minimum absolute atomic E-state index is 0.0121. The molecule has 1 saturated heterocycles. The van der Waals surface area contributed by atoms with Crippen LogP contribution in [-0.4, -0.2) is 30.1 Å². The largest absolute Gasteiger partial charge is 0.326 e. The van der Waals surface area contributed by atoms with E-state index in [4.69, 9.17) is 5.73 Å². The van der Waals surface area contributed by atoms with E-state index in [0.29, 0.717) is 5.41 Å². The van der Waals surface area contributed by atoms with Crippen molar-refractivity contribution in [2.45, 2.75) is 58.9 Å². The van der Waals surface area contributed by atoms with Crippen LogP contribution in [0.25, 0.3) is 0 Å². The summed E-state index contributed by atoms with van der Waals surface area (Å²) < 4.78 is 0. The van der Waals surface area contributed by atoms with Crippen molar-refractivity contribution in [3.63, 3.8) is 0 Å². The first-order valence-electron chi connectivity index (χ1n) is 6.30. The number of hydrogen-bond acceptors (Lipinski definition) is 2. The molecular formula is C13H28N2. The molecule has 1 aliphatic heterocycles. The van der Waals surface area contributed by atoms with E-state index >= 15 is 0 Å². The van der Waals surface area contributed by atoms with Gasteiger partial charge in [-0.1, -0.05) is 13.8 Å². The van der Waals surface area contributed by atoms with Gasteiger partial charge in [0.1, 0.15) is 0 Å². The third-order valence-corrected chi connectivity index (χ3v) is 3.51. The van der Waals surface area contributed by atoms with E-state index < -0.39 is 0 Å². The second-order valence-electron chi connectivity index (χ2n) is 6.60. The maximum Gasteiger partial charge on any atom is 0.0109 e. The molecule has 0 bridgehead atoms. The van der Waals surface area contributed by atoms with Gasteiger partial charge in [-0.2, -0.15) is 0 Å². The van der Waals surface area contributed by atoms with Crippen LogP contribution in [0, 0.1) is 5.41 Å². The highest BCUT2D eigenvalue weighted by Crippen LogP contribution is 2.29. The average molecular weight is 212 g/mol. The van der Waals surface area contributed by atoms with Gasteiger partial charge < -0.3 is 10.6 Å². The van der Waals surface area contributed by atoms with E-state index in [1.54, 1.807) is 0 Å². The van der Waals surface area contributed by atoms with Gasteiger partial charge in [0.2, 0.25) is 0 Å². The summed E-state index contributed by atoms with van der Waals surface area (Å²) >= 11 is 0. The monoisotopic (exact) mass is 212 g/mol. The lowest BCUT2D eigenvalue weighted by Gasteiger charge is -2.26. The van der Waals surface area contributed by atoms with Gasteiger partial charge in [0.15, 0.2) is 0 Å². The van der Waals surface area contributed by atoms with E-state index in [0.717, 1.165) is 6.42 Å². The summed E-state index contributed by atoms with van der Waals surface area (Å²) in [4.78, 5) is 2.59. The normalized spacial score (nSPS) is 23.8. The van der Waals surface area contributed by atoms with Crippen molar-refractivity contribution in [1.29, 1.82) is 0 Å². The molecule has 0 aliphatic carbocycles. The van der Waals surface area contributed by atoms with Gasteiger partial charge in [-0.25, -0.2) is 0 Å². The molecule has 1 heterocycles. The highest BCUT2D eigenvalue weighted by molar-refractivity contribution is 4.79. The molecule has 0 atom stereocenters. The van der Waals surface area contributed by atoms with Gasteiger partial charge in [0.25, 0.3) is 0 Å². The third-order valence-electron chi connectivity index (χ3n) is 3.51. The molecule has 2 heteroatoms. The Morgan fingerprint density at radius 3 is 2.47 bits per heavy atom. The molecule has 1 fully saturated rings. The van der Waals surface area contributed by atoms with Crippen molar-refractivity contribution in [3.8, 4) is 0 Å². The molecule has 0 unspecified atom stereocenters. The summed E-state index contributed by atoms with van der Waals surface area (Å²) in [7, 11) is 0. The first-order valence-corrected chi connectivity index (χ1v) is 6.30. The summed E-state index contributed by atoms with van der Waals surface area (Å²) in [5, 5.41) is 0. The van der Waals surface area contributed by atoms with Gasteiger partial charge >= 0.3 is 0 Å². The third kappa shape index (κ3) is 5.53. The SMILES string of the molecule is CC(C)(N)CCN1CCCC(C)(C)CC1.